The van der Waals surface area contributed by atoms with Gasteiger partial charge in [-0.2, -0.15) is 4.98 Å². The van der Waals surface area contributed by atoms with Crippen molar-refractivity contribution in [3.8, 4) is 11.4 Å². The van der Waals surface area contributed by atoms with Gasteiger partial charge >= 0.3 is 0 Å². The van der Waals surface area contributed by atoms with Crippen LogP contribution >= 0.6 is 0 Å². The number of nitrogens with one attached hydrogen (secondary N) is 2. The van der Waals surface area contributed by atoms with Crippen LogP contribution in [-0.2, 0) is 6.42 Å². The van der Waals surface area contributed by atoms with Crippen LogP contribution in [0, 0.1) is 0 Å². The summed E-state index contributed by atoms with van der Waals surface area (Å²) < 4.78 is 0. The van der Waals surface area contributed by atoms with Gasteiger partial charge in [0.25, 0.3) is 0 Å². The van der Waals surface area contributed by atoms with Gasteiger partial charge in [0.15, 0.2) is 0 Å². The lowest BCUT2D eigenvalue weighted by Crippen LogP contribution is -2.27. The molecule has 0 spiro atoms. The number of pyridine rings is 2. The average Bonchev–Trinajstić information content (AvgIpc) is 2.62. The van der Waals surface area contributed by atoms with E-state index in [2.05, 4.69) is 51.3 Å². The van der Waals surface area contributed by atoms with E-state index in [0.717, 1.165) is 35.9 Å². The highest BCUT2D eigenvalue weighted by Gasteiger charge is 2.14. The van der Waals surface area contributed by atoms with Crippen LogP contribution in [-0.4, -0.2) is 32.0 Å². The molecule has 0 aliphatic rings. The zero-order chi connectivity index (χ0) is 18.4. The lowest BCUT2D eigenvalue weighted by atomic mass is 10.1. The van der Waals surface area contributed by atoms with Crippen molar-refractivity contribution in [1.29, 1.82) is 0 Å². The molecule has 3 aromatic heterocycles. The normalized spacial score (nSPS) is 11.2. The zero-order valence-corrected chi connectivity index (χ0v) is 15.4. The maximum absolute atomic E-state index is 4.62. The minimum Gasteiger partial charge on any atom is -0.369 e. The second-order valence-corrected chi connectivity index (χ2v) is 7.05. The maximum atomic E-state index is 4.62. The summed E-state index contributed by atoms with van der Waals surface area (Å²) in [5.74, 6) is 1.35. The summed E-state index contributed by atoms with van der Waals surface area (Å²) in [6, 6.07) is 13.7. The molecule has 0 saturated heterocycles. The minimum absolute atomic E-state index is 0.131. The van der Waals surface area contributed by atoms with Crippen LogP contribution in [0.4, 0.5) is 11.8 Å². The van der Waals surface area contributed by atoms with E-state index in [-0.39, 0.29) is 5.54 Å². The van der Waals surface area contributed by atoms with Crippen LogP contribution in [0.1, 0.15) is 26.5 Å². The first kappa shape index (κ1) is 17.8. The van der Waals surface area contributed by atoms with E-state index in [1.807, 2.05) is 48.7 Å². The third-order valence-electron chi connectivity index (χ3n) is 3.55. The summed E-state index contributed by atoms with van der Waals surface area (Å²) in [6.45, 7) is 6.98. The van der Waals surface area contributed by atoms with Crippen LogP contribution in [0.15, 0.2) is 54.9 Å². The summed E-state index contributed by atoms with van der Waals surface area (Å²) >= 11 is 0. The average molecular weight is 348 g/mol. The summed E-state index contributed by atoms with van der Waals surface area (Å²) in [5, 5.41) is 6.71. The van der Waals surface area contributed by atoms with Crippen LogP contribution in [0.2, 0.25) is 0 Å². The molecule has 0 saturated carbocycles. The van der Waals surface area contributed by atoms with Crippen molar-refractivity contribution >= 4 is 11.8 Å². The summed E-state index contributed by atoms with van der Waals surface area (Å²) in [5.41, 5.74) is 2.52. The largest absolute Gasteiger partial charge is 0.369 e. The van der Waals surface area contributed by atoms with Crippen molar-refractivity contribution < 1.29 is 0 Å². The van der Waals surface area contributed by atoms with E-state index in [9.17, 15) is 0 Å². The van der Waals surface area contributed by atoms with Crippen molar-refractivity contribution in [2.75, 3.05) is 17.2 Å². The second kappa shape index (κ2) is 7.91. The first-order chi connectivity index (χ1) is 12.5. The molecule has 0 unspecified atom stereocenters. The van der Waals surface area contributed by atoms with Gasteiger partial charge in [-0.3, -0.25) is 9.97 Å². The fraction of sp³-hybridized carbons (Fsp3) is 0.300. The fourth-order valence-corrected chi connectivity index (χ4v) is 2.44. The summed E-state index contributed by atoms with van der Waals surface area (Å²) in [6.07, 6.45) is 4.40. The minimum atomic E-state index is -0.131. The molecule has 0 fully saturated rings. The number of anilines is 2. The number of nitrogens with zero attached hydrogens (tertiary/aromatic N) is 4. The molecule has 3 aromatic rings. The van der Waals surface area contributed by atoms with Crippen molar-refractivity contribution in [2.45, 2.75) is 32.7 Å². The number of hydrogen-bond donors (Lipinski definition) is 2. The number of aromatic nitrogens is 4. The van der Waals surface area contributed by atoms with Gasteiger partial charge in [0.1, 0.15) is 5.82 Å². The Balaban J connectivity index is 1.80. The van der Waals surface area contributed by atoms with Crippen molar-refractivity contribution in [2.24, 2.45) is 0 Å². The van der Waals surface area contributed by atoms with E-state index in [1.54, 1.807) is 6.20 Å². The third-order valence-corrected chi connectivity index (χ3v) is 3.55. The molecule has 0 bridgehead atoms. The molecule has 0 aliphatic heterocycles. The van der Waals surface area contributed by atoms with Gasteiger partial charge in [0.05, 0.1) is 11.4 Å². The SMILES string of the molecule is CC(C)(C)Nc1nc(NCCc2ccccn2)cc(-c2ccccn2)n1. The van der Waals surface area contributed by atoms with Gasteiger partial charge in [-0.1, -0.05) is 12.1 Å². The van der Waals surface area contributed by atoms with E-state index in [0.29, 0.717) is 5.95 Å². The Hall–Kier alpha value is -3.02. The smallest absolute Gasteiger partial charge is 0.225 e. The van der Waals surface area contributed by atoms with Gasteiger partial charge in [-0.05, 0) is 45.0 Å². The molecule has 0 amide bonds. The van der Waals surface area contributed by atoms with E-state index < -0.39 is 0 Å². The topological polar surface area (TPSA) is 75.6 Å². The van der Waals surface area contributed by atoms with Crippen molar-refractivity contribution in [3.05, 3.63) is 60.6 Å². The van der Waals surface area contributed by atoms with Gasteiger partial charge in [0, 0.05) is 42.7 Å². The number of hydrogen-bond acceptors (Lipinski definition) is 6. The first-order valence-corrected chi connectivity index (χ1v) is 8.72. The molecule has 6 nitrogen and oxygen atoms in total. The lowest BCUT2D eigenvalue weighted by Gasteiger charge is -2.21. The molecule has 0 radical (unpaired) electrons. The Morgan fingerprint density at radius 2 is 1.65 bits per heavy atom. The quantitative estimate of drug-likeness (QED) is 0.706. The van der Waals surface area contributed by atoms with Crippen molar-refractivity contribution in [1.82, 2.24) is 19.9 Å². The highest BCUT2D eigenvalue weighted by atomic mass is 15.2. The highest BCUT2D eigenvalue weighted by molar-refractivity contribution is 5.61. The molecule has 3 heterocycles. The third kappa shape index (κ3) is 5.24. The van der Waals surface area contributed by atoms with Gasteiger partial charge in [-0.15, -0.1) is 0 Å². The molecule has 2 N–H and O–H groups in total. The maximum Gasteiger partial charge on any atom is 0.225 e. The predicted molar refractivity (Wildman–Crippen MR) is 105 cm³/mol. The Labute approximate surface area is 154 Å². The molecule has 0 atom stereocenters. The zero-order valence-electron chi connectivity index (χ0n) is 15.4. The van der Waals surface area contributed by atoms with Gasteiger partial charge < -0.3 is 10.6 Å². The molecule has 3 rings (SSSR count). The molecule has 0 aliphatic carbocycles. The molecule has 134 valence electrons. The standard InChI is InChI=1S/C20H24N6/c1-20(2,3)26-19-24-17(16-9-5-7-12-22-16)14-18(25-19)23-13-10-15-8-4-6-11-21-15/h4-9,11-12,14H,10,13H2,1-3H3,(H2,23,24,25,26). The molecule has 0 aromatic carbocycles. The van der Waals surface area contributed by atoms with Gasteiger partial charge in [0.2, 0.25) is 5.95 Å². The van der Waals surface area contributed by atoms with Crippen LogP contribution in [0.5, 0.6) is 0 Å². The Kier molecular flexibility index (Phi) is 5.41. The Morgan fingerprint density at radius 1 is 0.885 bits per heavy atom. The molecular weight excluding hydrogens is 324 g/mol. The number of rotatable bonds is 6. The summed E-state index contributed by atoms with van der Waals surface area (Å²) in [7, 11) is 0. The first-order valence-electron chi connectivity index (χ1n) is 8.72. The van der Waals surface area contributed by atoms with Crippen LogP contribution < -0.4 is 10.6 Å². The van der Waals surface area contributed by atoms with Crippen molar-refractivity contribution in [3.63, 3.8) is 0 Å². The molecular formula is C20H24N6. The van der Waals surface area contributed by atoms with Crippen LogP contribution in [0.25, 0.3) is 11.4 Å². The van der Waals surface area contributed by atoms with E-state index >= 15 is 0 Å². The van der Waals surface area contributed by atoms with Crippen LogP contribution in [0.3, 0.4) is 0 Å². The van der Waals surface area contributed by atoms with Gasteiger partial charge in [-0.25, -0.2) is 4.98 Å². The fourth-order valence-electron chi connectivity index (χ4n) is 2.44. The second-order valence-electron chi connectivity index (χ2n) is 7.05. The molecule has 26 heavy (non-hydrogen) atoms. The lowest BCUT2D eigenvalue weighted by molar-refractivity contribution is 0.626. The Morgan fingerprint density at radius 3 is 2.31 bits per heavy atom. The van der Waals surface area contributed by atoms with E-state index in [4.69, 9.17) is 0 Å². The van der Waals surface area contributed by atoms with E-state index in [1.165, 1.54) is 0 Å². The molecule has 6 heteroatoms. The summed E-state index contributed by atoms with van der Waals surface area (Å²) in [4.78, 5) is 18.0. The Bertz CT molecular complexity index is 828. The monoisotopic (exact) mass is 348 g/mol. The predicted octanol–water partition coefficient (Wildman–Crippen LogP) is 3.80. The highest BCUT2D eigenvalue weighted by Crippen LogP contribution is 2.21.